The summed E-state index contributed by atoms with van der Waals surface area (Å²) in [6.07, 6.45) is -0.537. The van der Waals surface area contributed by atoms with Crippen LogP contribution in [-0.2, 0) is 14.4 Å². The Balaban J connectivity index is 1.54. The van der Waals surface area contributed by atoms with E-state index in [0.29, 0.717) is 41.3 Å². The van der Waals surface area contributed by atoms with E-state index in [9.17, 15) is 14.4 Å². The fourth-order valence-corrected chi connectivity index (χ4v) is 4.86. The molecule has 3 amide bonds. The lowest BCUT2D eigenvalue weighted by Gasteiger charge is -2.40. The van der Waals surface area contributed by atoms with Crippen molar-refractivity contribution in [1.82, 2.24) is 14.9 Å². The molecule has 7 nitrogen and oxygen atoms in total. The molecule has 2 fully saturated rings. The van der Waals surface area contributed by atoms with Gasteiger partial charge < -0.3 is 9.74 Å². The maximum Gasteiger partial charge on any atom is 0.434 e. The van der Waals surface area contributed by atoms with Crippen molar-refractivity contribution in [1.29, 1.82) is 0 Å². The Labute approximate surface area is 202 Å². The van der Waals surface area contributed by atoms with Crippen LogP contribution in [0.2, 0.25) is 10.0 Å². The van der Waals surface area contributed by atoms with Crippen LogP contribution in [0, 0.1) is 13.8 Å². The number of amides is 3. The zero-order chi connectivity index (χ0) is 23.7. The van der Waals surface area contributed by atoms with Gasteiger partial charge in [-0.25, -0.2) is 4.79 Å². The van der Waals surface area contributed by atoms with Crippen molar-refractivity contribution in [2.45, 2.75) is 32.7 Å². The Kier molecular flexibility index (Phi) is 6.93. The molecular formula is C24H25Cl2N3O4. The number of aryl methyl sites for hydroxylation is 2. The number of hydroxylamine groups is 2. The molecule has 174 valence electrons. The first-order valence-corrected chi connectivity index (χ1v) is 11.6. The van der Waals surface area contributed by atoms with Gasteiger partial charge in [-0.15, -0.1) is 5.06 Å². The van der Waals surface area contributed by atoms with Gasteiger partial charge in [0.15, 0.2) is 0 Å². The van der Waals surface area contributed by atoms with E-state index >= 15 is 0 Å². The second kappa shape index (κ2) is 9.71. The van der Waals surface area contributed by atoms with E-state index in [2.05, 4.69) is 4.90 Å². The van der Waals surface area contributed by atoms with Gasteiger partial charge in [-0.3, -0.25) is 14.5 Å². The Morgan fingerprint density at radius 2 is 1.33 bits per heavy atom. The zero-order valence-corrected chi connectivity index (χ0v) is 20.0. The number of hydrogen-bond acceptors (Lipinski definition) is 5. The van der Waals surface area contributed by atoms with Gasteiger partial charge in [0.1, 0.15) is 0 Å². The number of hydrogen-bond donors (Lipinski definition) is 0. The number of piperazine rings is 1. The molecule has 0 saturated carbocycles. The highest BCUT2D eigenvalue weighted by molar-refractivity contribution is 6.31. The van der Waals surface area contributed by atoms with Gasteiger partial charge in [-0.1, -0.05) is 35.3 Å². The number of carbonyl (C=O) groups is 3. The molecule has 2 aliphatic rings. The highest BCUT2D eigenvalue weighted by Gasteiger charge is 2.36. The number of imide groups is 1. The molecular weight excluding hydrogens is 465 g/mol. The highest BCUT2D eigenvalue weighted by Crippen LogP contribution is 2.35. The third-order valence-electron chi connectivity index (χ3n) is 6.17. The van der Waals surface area contributed by atoms with Crippen molar-refractivity contribution in [2.75, 3.05) is 26.2 Å². The van der Waals surface area contributed by atoms with Gasteiger partial charge in [-0.2, -0.15) is 0 Å². The van der Waals surface area contributed by atoms with Gasteiger partial charge >= 0.3 is 6.09 Å². The van der Waals surface area contributed by atoms with Gasteiger partial charge in [0.2, 0.25) is 0 Å². The van der Waals surface area contributed by atoms with Crippen molar-refractivity contribution >= 4 is 41.1 Å². The molecule has 2 saturated heterocycles. The topological polar surface area (TPSA) is 70.2 Å². The van der Waals surface area contributed by atoms with Crippen LogP contribution in [0.15, 0.2) is 36.4 Å². The minimum absolute atomic E-state index is 0.0422. The molecule has 0 atom stereocenters. The number of carbonyl (C=O) groups excluding carboxylic acids is 3. The Morgan fingerprint density at radius 1 is 0.848 bits per heavy atom. The van der Waals surface area contributed by atoms with E-state index < -0.39 is 17.9 Å². The summed E-state index contributed by atoms with van der Waals surface area (Å²) in [7, 11) is 0. The lowest BCUT2D eigenvalue weighted by molar-refractivity contribution is -0.174. The second-order valence-corrected chi connectivity index (χ2v) is 9.24. The molecule has 0 aromatic heterocycles. The summed E-state index contributed by atoms with van der Waals surface area (Å²) in [6.45, 7) is 6.07. The van der Waals surface area contributed by atoms with Gasteiger partial charge in [0.05, 0.1) is 6.04 Å². The fraction of sp³-hybridized carbons (Fsp3) is 0.375. The predicted molar refractivity (Wildman–Crippen MR) is 125 cm³/mol. The summed E-state index contributed by atoms with van der Waals surface area (Å²) in [5, 5.41) is 1.95. The maximum absolute atomic E-state index is 12.6. The average molecular weight is 490 g/mol. The molecule has 4 rings (SSSR count). The van der Waals surface area contributed by atoms with Crippen LogP contribution in [0.1, 0.15) is 41.1 Å². The van der Waals surface area contributed by atoms with E-state index in [1.807, 2.05) is 50.2 Å². The standard InChI is InChI=1S/C24H25Cl2N3O4/c1-15-13-17(25)3-5-19(15)23(20-6-4-18(26)14-16(20)2)27-9-11-28(12-10-27)24(32)33-29-21(30)7-8-22(29)31/h3-6,13-14,23H,7-12H2,1-2H3. The molecule has 0 aliphatic carbocycles. The van der Waals surface area contributed by atoms with Crippen molar-refractivity contribution in [3.05, 3.63) is 68.7 Å². The molecule has 0 spiro atoms. The first-order chi connectivity index (χ1) is 15.7. The Bertz CT molecular complexity index is 1030. The van der Waals surface area contributed by atoms with E-state index in [4.69, 9.17) is 28.0 Å². The van der Waals surface area contributed by atoms with Crippen LogP contribution in [0.4, 0.5) is 4.79 Å². The lowest BCUT2D eigenvalue weighted by Crippen LogP contribution is -2.51. The molecule has 2 aromatic carbocycles. The van der Waals surface area contributed by atoms with Crippen LogP contribution in [0.5, 0.6) is 0 Å². The number of rotatable bonds is 4. The third-order valence-corrected chi connectivity index (χ3v) is 6.64. The summed E-state index contributed by atoms with van der Waals surface area (Å²) in [6, 6.07) is 11.7. The number of benzene rings is 2. The van der Waals surface area contributed by atoms with E-state index in [1.54, 1.807) is 0 Å². The molecule has 2 aromatic rings. The average Bonchev–Trinajstić information content (AvgIpc) is 3.09. The van der Waals surface area contributed by atoms with Crippen LogP contribution >= 0.6 is 23.2 Å². The van der Waals surface area contributed by atoms with Gasteiger partial charge in [0.25, 0.3) is 11.8 Å². The van der Waals surface area contributed by atoms with E-state index in [1.165, 1.54) is 4.90 Å². The highest BCUT2D eigenvalue weighted by atomic mass is 35.5. The molecule has 0 radical (unpaired) electrons. The van der Waals surface area contributed by atoms with E-state index in [-0.39, 0.29) is 18.9 Å². The van der Waals surface area contributed by atoms with Crippen molar-refractivity contribution in [2.24, 2.45) is 0 Å². The predicted octanol–water partition coefficient (Wildman–Crippen LogP) is 4.52. The van der Waals surface area contributed by atoms with Crippen molar-refractivity contribution in [3.63, 3.8) is 0 Å². The van der Waals surface area contributed by atoms with Crippen LogP contribution < -0.4 is 0 Å². The van der Waals surface area contributed by atoms with Crippen molar-refractivity contribution in [3.8, 4) is 0 Å². The smallest absolute Gasteiger partial charge is 0.311 e. The summed E-state index contributed by atoms with van der Waals surface area (Å²) < 4.78 is 0. The minimum atomic E-state index is -0.680. The largest absolute Gasteiger partial charge is 0.434 e. The summed E-state index contributed by atoms with van der Waals surface area (Å²) in [5.41, 5.74) is 4.42. The molecule has 33 heavy (non-hydrogen) atoms. The zero-order valence-electron chi connectivity index (χ0n) is 18.5. The van der Waals surface area contributed by atoms with Gasteiger partial charge in [-0.05, 0) is 60.4 Å². The molecule has 0 bridgehead atoms. The molecule has 0 unspecified atom stereocenters. The normalized spacial score (nSPS) is 17.2. The Hall–Kier alpha value is -2.61. The molecule has 0 N–H and O–H groups in total. The third kappa shape index (κ3) is 5.00. The number of halogens is 2. The van der Waals surface area contributed by atoms with Crippen LogP contribution in [0.3, 0.4) is 0 Å². The number of nitrogens with zero attached hydrogens (tertiary/aromatic N) is 3. The molecule has 2 heterocycles. The lowest BCUT2D eigenvalue weighted by atomic mass is 9.90. The summed E-state index contributed by atoms with van der Waals surface area (Å²) in [4.78, 5) is 45.0. The SMILES string of the molecule is Cc1cc(Cl)ccc1C(c1ccc(Cl)cc1C)N1CCN(C(=O)ON2C(=O)CCC2=O)CC1. The summed E-state index contributed by atoms with van der Waals surface area (Å²) in [5.74, 6) is -0.966. The second-order valence-electron chi connectivity index (χ2n) is 8.37. The first kappa shape index (κ1) is 23.5. The monoisotopic (exact) mass is 489 g/mol. The Morgan fingerprint density at radius 3 is 1.79 bits per heavy atom. The quantitative estimate of drug-likeness (QED) is 0.590. The van der Waals surface area contributed by atoms with Crippen LogP contribution in [-0.4, -0.2) is 58.9 Å². The minimum Gasteiger partial charge on any atom is -0.311 e. The molecule has 9 heteroatoms. The maximum atomic E-state index is 12.6. The molecule has 2 aliphatic heterocycles. The van der Waals surface area contributed by atoms with Crippen LogP contribution in [0.25, 0.3) is 0 Å². The fourth-order valence-electron chi connectivity index (χ4n) is 4.41. The van der Waals surface area contributed by atoms with Gasteiger partial charge in [0, 0.05) is 49.1 Å². The first-order valence-electron chi connectivity index (χ1n) is 10.8. The van der Waals surface area contributed by atoms with E-state index in [0.717, 1.165) is 22.3 Å². The van der Waals surface area contributed by atoms with Crippen molar-refractivity contribution < 1.29 is 19.2 Å². The summed E-state index contributed by atoms with van der Waals surface area (Å²) >= 11 is 12.4.